The minimum atomic E-state index is -3.40. The lowest BCUT2D eigenvalue weighted by Gasteiger charge is -2.30. The molecule has 1 heterocycles. The molecule has 0 aliphatic carbocycles. The summed E-state index contributed by atoms with van der Waals surface area (Å²) in [4.78, 5) is 0.403. The van der Waals surface area contributed by atoms with Crippen molar-refractivity contribution in [3.63, 3.8) is 0 Å². The highest BCUT2D eigenvalue weighted by Gasteiger charge is 2.29. The first-order valence-corrected chi connectivity index (χ1v) is 8.80. The van der Waals surface area contributed by atoms with Gasteiger partial charge in [0.25, 0.3) is 0 Å². The van der Waals surface area contributed by atoms with Gasteiger partial charge in [-0.3, -0.25) is 0 Å². The van der Waals surface area contributed by atoms with E-state index in [1.807, 2.05) is 12.1 Å². The van der Waals surface area contributed by atoms with Crippen molar-refractivity contribution in [2.75, 3.05) is 13.1 Å². The summed E-state index contributed by atoms with van der Waals surface area (Å²) in [6.45, 7) is 5.15. The van der Waals surface area contributed by atoms with Crippen LogP contribution in [0.4, 0.5) is 0 Å². The zero-order valence-corrected chi connectivity index (χ0v) is 13.1. The second-order valence-electron chi connectivity index (χ2n) is 5.40. The van der Waals surface area contributed by atoms with Gasteiger partial charge in [0.2, 0.25) is 10.0 Å². The largest absolute Gasteiger partial charge is 0.327 e. The Morgan fingerprint density at radius 2 is 1.95 bits per heavy atom. The summed E-state index contributed by atoms with van der Waals surface area (Å²) in [5.74, 6) is 0. The first-order valence-electron chi connectivity index (χ1n) is 7.36. The van der Waals surface area contributed by atoms with Crippen molar-refractivity contribution in [2.45, 2.75) is 50.5 Å². The molecule has 112 valence electrons. The molecule has 0 spiro atoms. The van der Waals surface area contributed by atoms with E-state index in [9.17, 15) is 8.42 Å². The molecule has 20 heavy (non-hydrogen) atoms. The fraction of sp³-hybridized carbons (Fsp3) is 0.600. The summed E-state index contributed by atoms with van der Waals surface area (Å²) in [5.41, 5.74) is 8.24. The molecule has 1 fully saturated rings. The summed E-state index contributed by atoms with van der Waals surface area (Å²) in [6.07, 6.45) is 3.53. The van der Waals surface area contributed by atoms with Gasteiger partial charge in [0.15, 0.2) is 0 Å². The van der Waals surface area contributed by atoms with Crippen molar-refractivity contribution in [3.05, 3.63) is 29.3 Å². The van der Waals surface area contributed by atoms with Crippen LogP contribution in [0.5, 0.6) is 0 Å². The first kappa shape index (κ1) is 15.5. The molecular formula is C15H24N2O2S. The van der Waals surface area contributed by atoms with E-state index in [1.54, 1.807) is 6.07 Å². The van der Waals surface area contributed by atoms with Crippen LogP contribution in [0.15, 0.2) is 23.1 Å². The molecule has 2 N–H and O–H groups in total. The maximum Gasteiger partial charge on any atom is 0.243 e. The molecule has 1 aromatic carbocycles. The van der Waals surface area contributed by atoms with Crippen LogP contribution in [0.1, 0.15) is 37.8 Å². The van der Waals surface area contributed by atoms with Crippen LogP contribution in [-0.2, 0) is 22.9 Å². The zero-order chi connectivity index (χ0) is 14.8. The van der Waals surface area contributed by atoms with Crippen LogP contribution in [0, 0.1) is 0 Å². The molecule has 1 aromatic rings. The molecule has 1 aliphatic rings. The predicted molar refractivity (Wildman–Crippen MR) is 81.2 cm³/mol. The minimum absolute atomic E-state index is 0.0425. The van der Waals surface area contributed by atoms with Crippen molar-refractivity contribution < 1.29 is 8.42 Å². The molecule has 0 bridgehead atoms. The fourth-order valence-corrected chi connectivity index (χ4v) is 4.36. The number of hydrogen-bond donors (Lipinski definition) is 1. The molecule has 0 radical (unpaired) electrons. The van der Waals surface area contributed by atoms with Gasteiger partial charge in [-0.2, -0.15) is 4.31 Å². The van der Waals surface area contributed by atoms with E-state index in [2.05, 4.69) is 13.8 Å². The Hall–Kier alpha value is -0.910. The Labute approximate surface area is 122 Å². The van der Waals surface area contributed by atoms with Gasteiger partial charge in [0.05, 0.1) is 4.90 Å². The van der Waals surface area contributed by atoms with Crippen molar-refractivity contribution in [1.29, 1.82) is 0 Å². The number of piperidine rings is 1. The maximum absolute atomic E-state index is 12.7. The predicted octanol–water partition coefficient (Wildman–Crippen LogP) is 1.92. The average Bonchev–Trinajstić information content (AvgIpc) is 2.46. The van der Waals surface area contributed by atoms with E-state index < -0.39 is 10.0 Å². The average molecular weight is 296 g/mol. The number of hydrogen-bond acceptors (Lipinski definition) is 3. The van der Waals surface area contributed by atoms with E-state index in [1.165, 1.54) is 9.87 Å². The van der Waals surface area contributed by atoms with Gasteiger partial charge < -0.3 is 5.73 Å². The Kier molecular flexibility index (Phi) is 4.83. The Morgan fingerprint density at radius 1 is 1.25 bits per heavy atom. The lowest BCUT2D eigenvalue weighted by molar-refractivity contribution is 0.316. The van der Waals surface area contributed by atoms with Gasteiger partial charge in [-0.05, 0) is 48.9 Å². The molecule has 5 heteroatoms. The summed E-state index contributed by atoms with van der Waals surface area (Å²) in [5, 5.41) is 0. The van der Waals surface area contributed by atoms with Crippen molar-refractivity contribution in [3.8, 4) is 0 Å². The minimum Gasteiger partial charge on any atom is -0.327 e. The second kappa shape index (κ2) is 6.24. The van der Waals surface area contributed by atoms with Gasteiger partial charge >= 0.3 is 0 Å². The SMILES string of the molecule is CCc1ccc(S(=O)(=O)N2CCCC(N)C2)cc1CC. The zero-order valence-electron chi connectivity index (χ0n) is 12.3. The molecule has 1 unspecified atom stereocenters. The standard InChI is InChI=1S/C15H24N2O2S/c1-3-12-7-8-15(10-13(12)4-2)20(18,19)17-9-5-6-14(16)11-17/h7-8,10,14H,3-6,9,11,16H2,1-2H3. The van der Waals surface area contributed by atoms with Crippen LogP contribution < -0.4 is 5.73 Å². The summed E-state index contributed by atoms with van der Waals surface area (Å²) >= 11 is 0. The molecule has 4 nitrogen and oxygen atoms in total. The van der Waals surface area contributed by atoms with Crippen molar-refractivity contribution in [1.82, 2.24) is 4.31 Å². The number of aryl methyl sites for hydroxylation is 2. The smallest absolute Gasteiger partial charge is 0.243 e. The van der Waals surface area contributed by atoms with Crippen LogP contribution in [0.3, 0.4) is 0 Å². The Balaban J connectivity index is 2.34. The summed E-state index contributed by atoms with van der Waals surface area (Å²) in [7, 11) is -3.40. The summed E-state index contributed by atoms with van der Waals surface area (Å²) in [6, 6.07) is 5.45. The summed E-state index contributed by atoms with van der Waals surface area (Å²) < 4.78 is 26.9. The number of nitrogens with zero attached hydrogens (tertiary/aromatic N) is 1. The van der Waals surface area contributed by atoms with Crippen molar-refractivity contribution in [2.24, 2.45) is 5.73 Å². The molecule has 0 aromatic heterocycles. The molecule has 0 saturated carbocycles. The number of benzene rings is 1. The lowest BCUT2D eigenvalue weighted by atomic mass is 10.0. The number of rotatable bonds is 4. The van der Waals surface area contributed by atoms with E-state index >= 15 is 0 Å². The van der Waals surface area contributed by atoms with Crippen LogP contribution >= 0.6 is 0 Å². The van der Waals surface area contributed by atoms with E-state index in [4.69, 9.17) is 5.73 Å². The number of sulfonamides is 1. The maximum atomic E-state index is 12.7. The molecular weight excluding hydrogens is 272 g/mol. The lowest BCUT2D eigenvalue weighted by Crippen LogP contribution is -2.45. The normalized spacial score (nSPS) is 21.1. The Morgan fingerprint density at radius 3 is 2.55 bits per heavy atom. The van der Waals surface area contributed by atoms with Gasteiger partial charge in [0, 0.05) is 19.1 Å². The second-order valence-corrected chi connectivity index (χ2v) is 7.34. The molecule has 1 saturated heterocycles. The first-order chi connectivity index (χ1) is 9.48. The van der Waals surface area contributed by atoms with Crippen molar-refractivity contribution >= 4 is 10.0 Å². The van der Waals surface area contributed by atoms with E-state index in [0.29, 0.717) is 18.0 Å². The van der Waals surface area contributed by atoms with Gasteiger partial charge in [-0.1, -0.05) is 19.9 Å². The molecule has 1 aliphatic heterocycles. The molecule has 1 atom stereocenters. The monoisotopic (exact) mass is 296 g/mol. The van der Waals surface area contributed by atoms with E-state index in [-0.39, 0.29) is 6.04 Å². The third kappa shape index (κ3) is 3.05. The molecule has 0 amide bonds. The highest BCUT2D eigenvalue weighted by Crippen LogP contribution is 2.23. The number of nitrogens with two attached hydrogens (primary N) is 1. The third-order valence-corrected chi connectivity index (χ3v) is 5.86. The third-order valence-electron chi connectivity index (χ3n) is 4.00. The van der Waals surface area contributed by atoms with Gasteiger partial charge in [-0.15, -0.1) is 0 Å². The van der Waals surface area contributed by atoms with Gasteiger partial charge in [0.1, 0.15) is 0 Å². The fourth-order valence-electron chi connectivity index (χ4n) is 2.78. The molecule has 2 rings (SSSR count). The highest BCUT2D eigenvalue weighted by molar-refractivity contribution is 7.89. The van der Waals surface area contributed by atoms with Crippen LogP contribution in [-0.4, -0.2) is 31.9 Å². The highest BCUT2D eigenvalue weighted by atomic mass is 32.2. The van der Waals surface area contributed by atoms with Gasteiger partial charge in [-0.25, -0.2) is 8.42 Å². The Bertz CT molecular complexity index is 569. The quantitative estimate of drug-likeness (QED) is 0.923. The van der Waals surface area contributed by atoms with Crippen LogP contribution in [0.25, 0.3) is 0 Å². The van der Waals surface area contributed by atoms with Crippen LogP contribution in [0.2, 0.25) is 0 Å². The topological polar surface area (TPSA) is 63.4 Å². The van der Waals surface area contributed by atoms with E-state index in [0.717, 1.165) is 31.2 Å².